The Morgan fingerprint density at radius 3 is 2.41 bits per heavy atom. The molecule has 2 aromatic rings. The minimum atomic E-state index is 0.251. The Hall–Kier alpha value is -3.05. The van der Waals surface area contributed by atoms with Crippen molar-refractivity contribution in [2.75, 3.05) is 12.4 Å². The predicted molar refractivity (Wildman–Crippen MR) is 84.0 cm³/mol. The number of hydrogen-bond acceptors (Lipinski definition) is 5. The molecule has 1 aromatic heterocycles. The van der Waals surface area contributed by atoms with Crippen LogP contribution in [-0.2, 0) is 0 Å². The van der Waals surface area contributed by atoms with Crippen molar-refractivity contribution < 1.29 is 4.74 Å². The molecule has 0 saturated heterocycles. The highest BCUT2D eigenvalue weighted by Crippen LogP contribution is 2.31. The van der Waals surface area contributed by atoms with E-state index in [9.17, 15) is 5.26 Å². The lowest BCUT2D eigenvalue weighted by Crippen LogP contribution is -2.03. The van der Waals surface area contributed by atoms with Crippen LogP contribution >= 0.6 is 0 Å². The number of ether oxygens (including phenoxy) is 1. The Morgan fingerprint density at radius 2 is 1.82 bits per heavy atom. The molecule has 0 aliphatic carbocycles. The Bertz CT molecular complexity index is 769. The Labute approximate surface area is 129 Å². The quantitative estimate of drug-likeness (QED) is 0.929. The number of rotatable bonds is 4. The number of para-hydroxylation sites is 1. The molecule has 0 aliphatic rings. The number of nitrogens with zero attached hydrogens (tertiary/aromatic N) is 3. The molecule has 0 bridgehead atoms. The summed E-state index contributed by atoms with van der Waals surface area (Å²) in [5.41, 5.74) is 2.35. The fraction of sp³-hybridized carbons (Fsp3) is 0.235. The number of nitrogens with one attached hydrogen (secondary N) is 1. The first-order valence-corrected chi connectivity index (χ1v) is 6.85. The summed E-state index contributed by atoms with van der Waals surface area (Å²) >= 11 is 0. The van der Waals surface area contributed by atoms with E-state index in [0.29, 0.717) is 28.4 Å². The topological polar surface area (TPSA) is 81.7 Å². The minimum Gasteiger partial charge on any atom is -0.493 e. The van der Waals surface area contributed by atoms with Crippen LogP contribution in [0.25, 0.3) is 0 Å². The van der Waals surface area contributed by atoms with Crippen molar-refractivity contribution in [2.45, 2.75) is 19.8 Å². The summed E-state index contributed by atoms with van der Waals surface area (Å²) in [4.78, 5) is 4.50. The largest absolute Gasteiger partial charge is 0.493 e. The maximum atomic E-state index is 9.24. The predicted octanol–water partition coefficient (Wildman–Crippen LogP) is 3.70. The molecule has 110 valence electrons. The molecule has 0 amide bonds. The molecule has 1 heterocycles. The van der Waals surface area contributed by atoms with E-state index < -0.39 is 0 Å². The third kappa shape index (κ3) is 2.99. The van der Waals surface area contributed by atoms with Crippen molar-refractivity contribution in [3.05, 3.63) is 47.2 Å². The molecule has 0 aliphatic heterocycles. The number of aromatic nitrogens is 1. The first kappa shape index (κ1) is 15.3. The van der Waals surface area contributed by atoms with Crippen molar-refractivity contribution >= 4 is 11.5 Å². The van der Waals surface area contributed by atoms with E-state index in [1.807, 2.05) is 19.9 Å². The van der Waals surface area contributed by atoms with Gasteiger partial charge >= 0.3 is 0 Å². The van der Waals surface area contributed by atoms with Crippen molar-refractivity contribution in [1.82, 2.24) is 4.98 Å². The van der Waals surface area contributed by atoms with Crippen LogP contribution in [-0.4, -0.2) is 12.1 Å². The maximum Gasteiger partial charge on any atom is 0.160 e. The van der Waals surface area contributed by atoms with E-state index >= 15 is 0 Å². The van der Waals surface area contributed by atoms with Crippen molar-refractivity contribution in [2.24, 2.45) is 0 Å². The molecule has 1 N–H and O–H groups in total. The van der Waals surface area contributed by atoms with Gasteiger partial charge in [-0.2, -0.15) is 10.5 Å². The fourth-order valence-electron chi connectivity index (χ4n) is 2.05. The molecule has 5 nitrogen and oxygen atoms in total. The number of pyridine rings is 1. The molecular formula is C17H16N4O. The molecule has 22 heavy (non-hydrogen) atoms. The van der Waals surface area contributed by atoms with E-state index in [0.717, 1.165) is 5.69 Å². The van der Waals surface area contributed by atoms with Crippen LogP contribution in [0, 0.1) is 22.7 Å². The number of methoxy groups -OCH3 is 1. The van der Waals surface area contributed by atoms with Gasteiger partial charge in [0.05, 0.1) is 23.9 Å². The van der Waals surface area contributed by atoms with Gasteiger partial charge in [-0.25, -0.2) is 4.98 Å². The highest BCUT2D eigenvalue weighted by molar-refractivity contribution is 5.71. The summed E-state index contributed by atoms with van der Waals surface area (Å²) < 4.78 is 5.30. The molecule has 0 saturated carbocycles. The first-order valence-electron chi connectivity index (χ1n) is 6.85. The minimum absolute atomic E-state index is 0.251. The number of nitriles is 2. The molecule has 0 fully saturated rings. The van der Waals surface area contributed by atoms with E-state index in [-0.39, 0.29) is 5.92 Å². The lowest BCUT2D eigenvalue weighted by molar-refractivity contribution is 0.415. The second-order valence-corrected chi connectivity index (χ2v) is 5.02. The molecule has 1 aromatic carbocycles. The number of anilines is 2. The molecule has 5 heteroatoms. The lowest BCUT2D eigenvalue weighted by atomic mass is 10.1. The average Bonchev–Trinajstić information content (AvgIpc) is 2.54. The summed E-state index contributed by atoms with van der Waals surface area (Å²) in [5, 5.41) is 21.5. The summed E-state index contributed by atoms with van der Waals surface area (Å²) in [6.07, 6.45) is 0. The zero-order valence-corrected chi connectivity index (χ0v) is 12.7. The summed E-state index contributed by atoms with van der Waals surface area (Å²) in [6.45, 7) is 4.07. The summed E-state index contributed by atoms with van der Waals surface area (Å²) in [5.74, 6) is 1.15. The maximum absolute atomic E-state index is 9.24. The van der Waals surface area contributed by atoms with Gasteiger partial charge in [-0.1, -0.05) is 19.9 Å². The molecule has 0 radical (unpaired) electrons. The smallest absolute Gasteiger partial charge is 0.160 e. The second-order valence-electron chi connectivity index (χ2n) is 5.02. The summed E-state index contributed by atoms with van der Waals surface area (Å²) in [7, 11) is 1.50. The second kappa shape index (κ2) is 6.60. The molecule has 2 rings (SSSR count). The van der Waals surface area contributed by atoms with Crippen LogP contribution in [0.3, 0.4) is 0 Å². The van der Waals surface area contributed by atoms with Crippen LogP contribution in [0.5, 0.6) is 5.75 Å². The van der Waals surface area contributed by atoms with Gasteiger partial charge < -0.3 is 10.1 Å². The zero-order chi connectivity index (χ0) is 16.1. The van der Waals surface area contributed by atoms with E-state index in [1.54, 1.807) is 24.3 Å². The Morgan fingerprint density at radius 1 is 1.09 bits per heavy atom. The van der Waals surface area contributed by atoms with E-state index in [1.165, 1.54) is 7.11 Å². The van der Waals surface area contributed by atoms with Gasteiger partial charge in [0.2, 0.25) is 0 Å². The van der Waals surface area contributed by atoms with Crippen LogP contribution in [0.1, 0.15) is 36.6 Å². The van der Waals surface area contributed by atoms with Crippen molar-refractivity contribution in [3.63, 3.8) is 0 Å². The summed E-state index contributed by atoms with van der Waals surface area (Å²) in [6, 6.07) is 13.0. The third-order valence-corrected chi connectivity index (χ3v) is 3.22. The molecule has 0 atom stereocenters. The highest BCUT2D eigenvalue weighted by Gasteiger charge is 2.13. The Kier molecular flexibility index (Phi) is 4.60. The zero-order valence-electron chi connectivity index (χ0n) is 12.7. The molecule has 0 spiro atoms. The average molecular weight is 292 g/mol. The fourth-order valence-corrected chi connectivity index (χ4v) is 2.05. The highest BCUT2D eigenvalue weighted by atomic mass is 16.5. The van der Waals surface area contributed by atoms with Gasteiger partial charge in [0.15, 0.2) is 5.75 Å². The number of hydrogen-bond donors (Lipinski definition) is 1. The molecule has 0 unspecified atom stereocenters. The molecular weight excluding hydrogens is 276 g/mol. The number of benzene rings is 1. The van der Waals surface area contributed by atoms with Crippen LogP contribution < -0.4 is 10.1 Å². The van der Waals surface area contributed by atoms with Crippen LogP contribution in [0.4, 0.5) is 11.5 Å². The standard InChI is InChI=1S/C17H16N4O/c1-11(2)14-8-7-13(10-19)17(20-14)21-15-6-4-5-12(9-18)16(15)22-3/h4-8,11H,1-3H3,(H,20,21). The van der Waals surface area contributed by atoms with Crippen LogP contribution in [0.2, 0.25) is 0 Å². The normalized spacial score (nSPS) is 9.91. The monoisotopic (exact) mass is 292 g/mol. The van der Waals surface area contributed by atoms with Crippen molar-refractivity contribution in [1.29, 1.82) is 10.5 Å². The van der Waals surface area contributed by atoms with E-state index in [4.69, 9.17) is 10.00 Å². The van der Waals surface area contributed by atoms with E-state index in [2.05, 4.69) is 22.4 Å². The van der Waals surface area contributed by atoms with Gasteiger partial charge in [-0.05, 0) is 30.2 Å². The van der Waals surface area contributed by atoms with Gasteiger partial charge in [-0.3, -0.25) is 0 Å². The Balaban J connectivity index is 2.50. The van der Waals surface area contributed by atoms with Gasteiger partial charge in [0, 0.05) is 5.69 Å². The SMILES string of the molecule is COc1c(C#N)cccc1Nc1nc(C(C)C)ccc1C#N. The lowest BCUT2D eigenvalue weighted by Gasteiger charge is -2.14. The van der Waals surface area contributed by atoms with Gasteiger partial charge in [0.1, 0.15) is 18.0 Å². The van der Waals surface area contributed by atoms with Crippen LogP contribution in [0.15, 0.2) is 30.3 Å². The van der Waals surface area contributed by atoms with Crippen molar-refractivity contribution in [3.8, 4) is 17.9 Å². The van der Waals surface area contributed by atoms with Gasteiger partial charge in [-0.15, -0.1) is 0 Å². The third-order valence-electron chi connectivity index (χ3n) is 3.22. The van der Waals surface area contributed by atoms with Gasteiger partial charge in [0.25, 0.3) is 0 Å². The first-order chi connectivity index (χ1) is 10.6.